The van der Waals surface area contributed by atoms with E-state index in [0.29, 0.717) is 44.2 Å². The summed E-state index contributed by atoms with van der Waals surface area (Å²) in [7, 11) is 0. The Morgan fingerprint density at radius 3 is 2.35 bits per heavy atom. The molecule has 0 spiro atoms. The van der Waals surface area contributed by atoms with Crippen LogP contribution < -0.4 is 5.32 Å². The van der Waals surface area contributed by atoms with Gasteiger partial charge < -0.3 is 19.9 Å². The zero-order chi connectivity index (χ0) is 18.5. The van der Waals surface area contributed by atoms with Gasteiger partial charge in [-0.3, -0.25) is 4.79 Å². The maximum Gasteiger partial charge on any atom is 0.317 e. The molecular weight excluding hydrogens is 330 g/mol. The summed E-state index contributed by atoms with van der Waals surface area (Å²) in [6.07, 6.45) is 2.23. The van der Waals surface area contributed by atoms with E-state index in [1.165, 1.54) is 5.56 Å². The minimum Gasteiger partial charge on any atom is -0.376 e. The van der Waals surface area contributed by atoms with Gasteiger partial charge in [0, 0.05) is 44.9 Å². The van der Waals surface area contributed by atoms with E-state index in [1.54, 1.807) is 4.90 Å². The van der Waals surface area contributed by atoms with Crippen molar-refractivity contribution in [3.05, 3.63) is 35.4 Å². The second-order valence-electron chi connectivity index (χ2n) is 7.38. The van der Waals surface area contributed by atoms with Crippen molar-refractivity contribution in [2.75, 3.05) is 39.3 Å². The monoisotopic (exact) mass is 359 g/mol. The molecule has 2 saturated heterocycles. The van der Waals surface area contributed by atoms with E-state index in [4.69, 9.17) is 4.74 Å². The largest absolute Gasteiger partial charge is 0.376 e. The molecule has 3 rings (SSSR count). The van der Waals surface area contributed by atoms with Crippen molar-refractivity contribution in [3.63, 3.8) is 0 Å². The third-order valence-corrected chi connectivity index (χ3v) is 5.18. The van der Waals surface area contributed by atoms with Crippen LogP contribution in [0.25, 0.3) is 0 Å². The van der Waals surface area contributed by atoms with E-state index in [0.717, 1.165) is 19.4 Å². The number of amides is 3. The van der Waals surface area contributed by atoms with Crippen LogP contribution in [0.4, 0.5) is 4.79 Å². The van der Waals surface area contributed by atoms with Gasteiger partial charge in [-0.1, -0.05) is 26.0 Å². The maximum atomic E-state index is 12.6. The van der Waals surface area contributed by atoms with Crippen LogP contribution >= 0.6 is 0 Å². The third-order valence-electron chi connectivity index (χ3n) is 5.18. The van der Waals surface area contributed by atoms with E-state index in [9.17, 15) is 9.59 Å². The van der Waals surface area contributed by atoms with Crippen LogP contribution in [0, 0.1) is 0 Å². The number of carbonyl (C=O) groups is 2. The van der Waals surface area contributed by atoms with Crippen LogP contribution in [0.1, 0.15) is 48.5 Å². The summed E-state index contributed by atoms with van der Waals surface area (Å²) in [5.74, 6) is 0.496. The van der Waals surface area contributed by atoms with E-state index >= 15 is 0 Å². The van der Waals surface area contributed by atoms with Crippen molar-refractivity contribution in [1.82, 2.24) is 15.1 Å². The Balaban J connectivity index is 1.46. The average molecular weight is 359 g/mol. The molecule has 1 N–H and O–H groups in total. The van der Waals surface area contributed by atoms with Crippen molar-refractivity contribution >= 4 is 11.9 Å². The first kappa shape index (κ1) is 18.7. The zero-order valence-electron chi connectivity index (χ0n) is 15.7. The Hall–Kier alpha value is -2.08. The van der Waals surface area contributed by atoms with Crippen molar-refractivity contribution in [1.29, 1.82) is 0 Å². The van der Waals surface area contributed by atoms with E-state index in [1.807, 2.05) is 29.2 Å². The Morgan fingerprint density at radius 2 is 1.77 bits per heavy atom. The van der Waals surface area contributed by atoms with Gasteiger partial charge in [-0.2, -0.15) is 0 Å². The molecule has 0 aromatic heterocycles. The number of rotatable bonds is 4. The molecule has 0 radical (unpaired) electrons. The molecule has 1 unspecified atom stereocenters. The van der Waals surface area contributed by atoms with Crippen LogP contribution in [-0.2, 0) is 4.74 Å². The molecule has 2 heterocycles. The number of nitrogens with zero attached hydrogens (tertiary/aromatic N) is 2. The molecule has 1 atom stereocenters. The van der Waals surface area contributed by atoms with Gasteiger partial charge in [0.25, 0.3) is 5.91 Å². The van der Waals surface area contributed by atoms with Gasteiger partial charge in [-0.25, -0.2) is 4.79 Å². The lowest BCUT2D eigenvalue weighted by molar-refractivity contribution is 0.0660. The number of urea groups is 1. The van der Waals surface area contributed by atoms with Gasteiger partial charge >= 0.3 is 6.03 Å². The SMILES string of the molecule is CC(C)c1ccc(C(=O)N2CCN(C(=O)NCC3CCCO3)CC2)cc1. The summed E-state index contributed by atoms with van der Waals surface area (Å²) in [4.78, 5) is 28.5. The van der Waals surface area contributed by atoms with E-state index in [2.05, 4.69) is 19.2 Å². The highest BCUT2D eigenvalue weighted by molar-refractivity contribution is 5.94. The Labute approximate surface area is 155 Å². The maximum absolute atomic E-state index is 12.6. The molecule has 2 aliphatic rings. The summed E-state index contributed by atoms with van der Waals surface area (Å²) in [5.41, 5.74) is 1.94. The number of hydrogen-bond donors (Lipinski definition) is 1. The topological polar surface area (TPSA) is 61.9 Å². The number of hydrogen-bond acceptors (Lipinski definition) is 3. The molecule has 1 aromatic rings. The second-order valence-corrected chi connectivity index (χ2v) is 7.38. The molecule has 0 saturated carbocycles. The average Bonchev–Trinajstić information content (AvgIpc) is 3.19. The van der Waals surface area contributed by atoms with Gasteiger partial charge in [-0.05, 0) is 36.5 Å². The van der Waals surface area contributed by atoms with Crippen molar-refractivity contribution in [2.24, 2.45) is 0 Å². The van der Waals surface area contributed by atoms with Crippen molar-refractivity contribution in [3.8, 4) is 0 Å². The van der Waals surface area contributed by atoms with Crippen LogP contribution in [0.15, 0.2) is 24.3 Å². The number of carbonyl (C=O) groups excluding carboxylic acids is 2. The summed E-state index contributed by atoms with van der Waals surface area (Å²) in [6, 6.07) is 7.78. The molecule has 6 heteroatoms. The number of benzene rings is 1. The molecule has 6 nitrogen and oxygen atoms in total. The molecule has 1 aromatic carbocycles. The number of piperazine rings is 1. The first-order valence-electron chi connectivity index (χ1n) is 9.58. The normalized spacial score (nSPS) is 20.5. The minimum atomic E-state index is -0.0612. The molecule has 3 amide bonds. The van der Waals surface area contributed by atoms with Crippen molar-refractivity contribution in [2.45, 2.75) is 38.7 Å². The smallest absolute Gasteiger partial charge is 0.317 e. The van der Waals surface area contributed by atoms with E-state index in [-0.39, 0.29) is 18.0 Å². The fraction of sp³-hybridized carbons (Fsp3) is 0.600. The summed E-state index contributed by atoms with van der Waals surface area (Å²) < 4.78 is 5.53. The Bertz CT molecular complexity index is 616. The molecule has 0 aliphatic carbocycles. The predicted molar refractivity (Wildman–Crippen MR) is 100 cm³/mol. The molecule has 142 valence electrons. The first-order valence-corrected chi connectivity index (χ1v) is 9.58. The lowest BCUT2D eigenvalue weighted by Crippen LogP contribution is -2.53. The molecule has 2 aliphatic heterocycles. The van der Waals surface area contributed by atoms with Gasteiger partial charge in [-0.15, -0.1) is 0 Å². The molecule has 0 bridgehead atoms. The first-order chi connectivity index (χ1) is 12.5. The summed E-state index contributed by atoms with van der Waals surface area (Å²) >= 11 is 0. The third kappa shape index (κ3) is 4.55. The van der Waals surface area contributed by atoms with E-state index < -0.39 is 0 Å². The van der Waals surface area contributed by atoms with Gasteiger partial charge in [0.2, 0.25) is 0 Å². The number of ether oxygens (including phenoxy) is 1. The fourth-order valence-corrected chi connectivity index (χ4v) is 3.42. The molecule has 2 fully saturated rings. The van der Waals surface area contributed by atoms with Crippen LogP contribution in [-0.4, -0.2) is 67.2 Å². The quantitative estimate of drug-likeness (QED) is 0.898. The summed E-state index contributed by atoms with van der Waals surface area (Å²) in [5, 5.41) is 2.95. The minimum absolute atomic E-state index is 0.0414. The zero-order valence-corrected chi connectivity index (χ0v) is 15.7. The lowest BCUT2D eigenvalue weighted by Gasteiger charge is -2.35. The molecular formula is C20H29N3O3. The highest BCUT2D eigenvalue weighted by atomic mass is 16.5. The Morgan fingerprint density at radius 1 is 1.12 bits per heavy atom. The highest BCUT2D eigenvalue weighted by Crippen LogP contribution is 2.16. The van der Waals surface area contributed by atoms with Crippen LogP contribution in [0.5, 0.6) is 0 Å². The van der Waals surface area contributed by atoms with Crippen molar-refractivity contribution < 1.29 is 14.3 Å². The Kier molecular flexibility index (Phi) is 6.14. The second kappa shape index (κ2) is 8.54. The molecule has 26 heavy (non-hydrogen) atoms. The highest BCUT2D eigenvalue weighted by Gasteiger charge is 2.25. The van der Waals surface area contributed by atoms with Gasteiger partial charge in [0.15, 0.2) is 0 Å². The predicted octanol–water partition coefficient (Wildman–Crippen LogP) is 2.46. The van der Waals surface area contributed by atoms with Crippen LogP contribution in [0.2, 0.25) is 0 Å². The van der Waals surface area contributed by atoms with Crippen LogP contribution in [0.3, 0.4) is 0 Å². The number of nitrogens with one attached hydrogen (secondary N) is 1. The fourth-order valence-electron chi connectivity index (χ4n) is 3.42. The lowest BCUT2D eigenvalue weighted by atomic mass is 10.0. The van der Waals surface area contributed by atoms with Gasteiger partial charge in [0.05, 0.1) is 6.10 Å². The van der Waals surface area contributed by atoms with Gasteiger partial charge in [0.1, 0.15) is 0 Å². The standard InChI is InChI=1S/C20H29N3O3/c1-15(2)16-5-7-17(8-6-16)19(24)22-9-11-23(12-10-22)20(25)21-14-18-4-3-13-26-18/h5-8,15,18H,3-4,9-14H2,1-2H3,(H,21,25). The summed E-state index contributed by atoms with van der Waals surface area (Å²) in [6.45, 7) is 7.90.